The summed E-state index contributed by atoms with van der Waals surface area (Å²) in [6.45, 7) is 3.14. The number of nitrogens with zero attached hydrogens (tertiary/aromatic N) is 4. The lowest BCUT2D eigenvalue weighted by molar-refractivity contribution is 0.322. The number of hydrogen-bond donors (Lipinski definition) is 1. The molecule has 18 heavy (non-hydrogen) atoms. The van der Waals surface area contributed by atoms with Crippen LogP contribution in [0.5, 0.6) is 0 Å². The molecule has 0 atom stereocenters. The van der Waals surface area contributed by atoms with Crippen LogP contribution in [-0.4, -0.2) is 37.2 Å². The SMILES string of the molecule is CCCn1c(SCCO)nnc1-c1ccncc1. The number of aliphatic hydroxyl groups excluding tert-OH is 1. The molecule has 0 aliphatic rings. The first-order chi connectivity index (χ1) is 8.86. The summed E-state index contributed by atoms with van der Waals surface area (Å²) in [5.41, 5.74) is 1.02. The van der Waals surface area contributed by atoms with Gasteiger partial charge in [0.25, 0.3) is 0 Å². The quantitative estimate of drug-likeness (QED) is 0.806. The van der Waals surface area contributed by atoms with E-state index in [4.69, 9.17) is 5.11 Å². The van der Waals surface area contributed by atoms with Crippen LogP contribution in [0.2, 0.25) is 0 Å². The van der Waals surface area contributed by atoms with Gasteiger partial charge in [-0.25, -0.2) is 0 Å². The van der Waals surface area contributed by atoms with E-state index in [1.54, 1.807) is 12.4 Å². The number of hydrogen-bond acceptors (Lipinski definition) is 5. The minimum Gasteiger partial charge on any atom is -0.396 e. The summed E-state index contributed by atoms with van der Waals surface area (Å²) < 4.78 is 2.09. The standard InChI is InChI=1S/C12H16N4OS/c1-2-7-16-11(10-3-5-13-6-4-10)14-15-12(16)18-9-8-17/h3-6,17H,2,7-9H2,1H3. The van der Waals surface area contributed by atoms with Gasteiger partial charge in [0, 0.05) is 30.3 Å². The summed E-state index contributed by atoms with van der Waals surface area (Å²) in [6.07, 6.45) is 4.52. The lowest BCUT2D eigenvalue weighted by Gasteiger charge is -2.08. The Kier molecular flexibility index (Phi) is 4.72. The molecule has 2 heterocycles. The van der Waals surface area contributed by atoms with Gasteiger partial charge < -0.3 is 9.67 Å². The third-order valence-corrected chi connectivity index (χ3v) is 3.37. The van der Waals surface area contributed by atoms with Crippen molar-refractivity contribution < 1.29 is 5.11 Å². The Morgan fingerprint density at radius 3 is 2.72 bits per heavy atom. The number of aromatic nitrogens is 4. The van der Waals surface area contributed by atoms with E-state index in [1.165, 1.54) is 11.8 Å². The molecule has 5 nitrogen and oxygen atoms in total. The van der Waals surface area contributed by atoms with Crippen molar-refractivity contribution in [3.63, 3.8) is 0 Å². The summed E-state index contributed by atoms with van der Waals surface area (Å²) in [4.78, 5) is 4.01. The Morgan fingerprint density at radius 2 is 2.06 bits per heavy atom. The molecule has 6 heteroatoms. The normalized spacial score (nSPS) is 10.8. The average Bonchev–Trinajstić information content (AvgIpc) is 2.81. The smallest absolute Gasteiger partial charge is 0.191 e. The highest BCUT2D eigenvalue weighted by atomic mass is 32.2. The second-order valence-corrected chi connectivity index (χ2v) is 4.83. The molecule has 96 valence electrons. The Hall–Kier alpha value is -1.40. The highest BCUT2D eigenvalue weighted by molar-refractivity contribution is 7.99. The van der Waals surface area contributed by atoms with Crippen LogP contribution in [0, 0.1) is 0 Å². The van der Waals surface area contributed by atoms with Gasteiger partial charge in [0.1, 0.15) is 0 Å². The molecule has 0 radical (unpaired) electrons. The molecule has 0 aliphatic carbocycles. The Bertz CT molecular complexity index is 486. The number of pyridine rings is 1. The van der Waals surface area contributed by atoms with E-state index in [2.05, 4.69) is 26.7 Å². The molecule has 2 aromatic rings. The second-order valence-electron chi connectivity index (χ2n) is 3.77. The van der Waals surface area contributed by atoms with E-state index in [9.17, 15) is 0 Å². The molecule has 2 rings (SSSR count). The van der Waals surface area contributed by atoms with Gasteiger partial charge in [-0.3, -0.25) is 4.98 Å². The van der Waals surface area contributed by atoms with Gasteiger partial charge in [-0.1, -0.05) is 18.7 Å². The summed E-state index contributed by atoms with van der Waals surface area (Å²) >= 11 is 1.53. The van der Waals surface area contributed by atoms with Gasteiger partial charge >= 0.3 is 0 Å². The van der Waals surface area contributed by atoms with E-state index < -0.39 is 0 Å². The maximum absolute atomic E-state index is 8.89. The zero-order chi connectivity index (χ0) is 12.8. The van der Waals surface area contributed by atoms with E-state index in [0.29, 0.717) is 5.75 Å². The zero-order valence-corrected chi connectivity index (χ0v) is 11.1. The average molecular weight is 264 g/mol. The van der Waals surface area contributed by atoms with Crippen molar-refractivity contribution in [2.45, 2.75) is 25.0 Å². The summed E-state index contributed by atoms with van der Waals surface area (Å²) in [7, 11) is 0. The van der Waals surface area contributed by atoms with E-state index in [-0.39, 0.29) is 6.61 Å². The monoisotopic (exact) mass is 264 g/mol. The van der Waals surface area contributed by atoms with Crippen LogP contribution in [0.4, 0.5) is 0 Å². The highest BCUT2D eigenvalue weighted by Crippen LogP contribution is 2.23. The maximum atomic E-state index is 8.89. The lowest BCUT2D eigenvalue weighted by Crippen LogP contribution is -2.02. The van der Waals surface area contributed by atoms with E-state index in [1.807, 2.05) is 12.1 Å². The van der Waals surface area contributed by atoms with E-state index >= 15 is 0 Å². The van der Waals surface area contributed by atoms with Gasteiger partial charge in [0.05, 0.1) is 6.61 Å². The zero-order valence-electron chi connectivity index (χ0n) is 10.3. The van der Waals surface area contributed by atoms with Gasteiger partial charge in [-0.05, 0) is 18.6 Å². The van der Waals surface area contributed by atoms with Crippen molar-refractivity contribution >= 4 is 11.8 Å². The van der Waals surface area contributed by atoms with Crippen molar-refractivity contribution in [3.8, 4) is 11.4 Å². The van der Waals surface area contributed by atoms with Crippen LogP contribution in [0.25, 0.3) is 11.4 Å². The second kappa shape index (κ2) is 6.51. The van der Waals surface area contributed by atoms with Crippen LogP contribution < -0.4 is 0 Å². The molecule has 0 aromatic carbocycles. The van der Waals surface area contributed by atoms with Gasteiger partial charge in [-0.15, -0.1) is 10.2 Å². The molecule has 0 bridgehead atoms. The molecule has 0 fully saturated rings. The molecule has 2 aromatic heterocycles. The summed E-state index contributed by atoms with van der Waals surface area (Å²) in [5, 5.41) is 18.2. The number of rotatable bonds is 6. The van der Waals surface area contributed by atoms with Crippen LogP contribution in [0.1, 0.15) is 13.3 Å². The third kappa shape index (κ3) is 2.88. The molecule has 0 amide bonds. The Labute approximate surface area is 110 Å². The van der Waals surface area contributed by atoms with Crippen molar-refractivity contribution in [3.05, 3.63) is 24.5 Å². The van der Waals surface area contributed by atoms with Crippen molar-refractivity contribution in [1.29, 1.82) is 0 Å². The fraction of sp³-hybridized carbons (Fsp3) is 0.417. The molecule has 0 saturated heterocycles. The molecular formula is C12H16N4OS. The van der Waals surface area contributed by atoms with Crippen molar-refractivity contribution in [2.24, 2.45) is 0 Å². The molecule has 0 saturated carbocycles. The van der Waals surface area contributed by atoms with E-state index in [0.717, 1.165) is 29.5 Å². The Balaban J connectivity index is 2.32. The Morgan fingerprint density at radius 1 is 1.28 bits per heavy atom. The minimum absolute atomic E-state index is 0.147. The van der Waals surface area contributed by atoms with Crippen LogP contribution in [0.3, 0.4) is 0 Å². The summed E-state index contributed by atoms with van der Waals surface area (Å²) in [5.74, 6) is 1.50. The molecule has 0 aliphatic heterocycles. The first kappa shape index (κ1) is 13.0. The predicted octanol–water partition coefficient (Wildman–Crippen LogP) is 1.83. The molecular weight excluding hydrogens is 248 g/mol. The van der Waals surface area contributed by atoms with Crippen LogP contribution >= 0.6 is 11.8 Å². The lowest BCUT2D eigenvalue weighted by atomic mass is 10.2. The highest BCUT2D eigenvalue weighted by Gasteiger charge is 2.13. The van der Waals surface area contributed by atoms with Gasteiger partial charge in [0.2, 0.25) is 0 Å². The minimum atomic E-state index is 0.147. The first-order valence-corrected chi connectivity index (χ1v) is 6.92. The fourth-order valence-corrected chi connectivity index (χ4v) is 2.38. The third-order valence-electron chi connectivity index (χ3n) is 2.43. The molecule has 0 unspecified atom stereocenters. The largest absolute Gasteiger partial charge is 0.396 e. The fourth-order valence-electron chi connectivity index (χ4n) is 1.67. The van der Waals surface area contributed by atoms with Gasteiger partial charge in [0.15, 0.2) is 11.0 Å². The molecule has 1 N–H and O–H groups in total. The van der Waals surface area contributed by atoms with Crippen LogP contribution in [-0.2, 0) is 6.54 Å². The predicted molar refractivity (Wildman–Crippen MR) is 71.4 cm³/mol. The van der Waals surface area contributed by atoms with Crippen molar-refractivity contribution in [2.75, 3.05) is 12.4 Å². The summed E-state index contributed by atoms with van der Waals surface area (Å²) in [6, 6.07) is 3.85. The number of thioether (sulfide) groups is 1. The van der Waals surface area contributed by atoms with Crippen LogP contribution in [0.15, 0.2) is 29.7 Å². The number of aliphatic hydroxyl groups is 1. The van der Waals surface area contributed by atoms with Crippen molar-refractivity contribution in [1.82, 2.24) is 19.7 Å². The first-order valence-electron chi connectivity index (χ1n) is 5.94. The van der Waals surface area contributed by atoms with Gasteiger partial charge in [-0.2, -0.15) is 0 Å². The maximum Gasteiger partial charge on any atom is 0.191 e. The topological polar surface area (TPSA) is 63.8 Å². The molecule has 0 spiro atoms.